The zero-order chi connectivity index (χ0) is 13.9. The second-order valence-electron chi connectivity index (χ2n) is 6.41. The smallest absolute Gasteiger partial charge is 0.163 e. The number of hydrogen-bond acceptors (Lipinski definition) is 1. The van der Waals surface area contributed by atoms with Crippen molar-refractivity contribution >= 4 is 17.4 Å². The minimum absolute atomic E-state index is 0.201. The normalized spacial score (nSPS) is 13.4. The topological polar surface area (TPSA) is 17.1 Å². The van der Waals surface area contributed by atoms with Gasteiger partial charge in [0.05, 0.1) is 0 Å². The van der Waals surface area contributed by atoms with Crippen LogP contribution in [0.3, 0.4) is 0 Å². The van der Waals surface area contributed by atoms with Crippen LogP contribution in [0.5, 0.6) is 0 Å². The number of benzene rings is 1. The molecule has 1 aromatic carbocycles. The minimum atomic E-state index is 0.201. The van der Waals surface area contributed by atoms with Crippen LogP contribution in [-0.2, 0) is 0 Å². The maximum absolute atomic E-state index is 12.3. The zero-order valence-electron chi connectivity index (χ0n) is 12.0. The first-order chi connectivity index (χ1) is 8.20. The largest absolute Gasteiger partial charge is 0.294 e. The molecule has 0 radical (unpaired) electrons. The highest BCUT2D eigenvalue weighted by Gasteiger charge is 2.19. The van der Waals surface area contributed by atoms with Gasteiger partial charge in [-0.1, -0.05) is 51.4 Å². The maximum atomic E-state index is 12.3. The Bertz CT molecular complexity index is 429. The van der Waals surface area contributed by atoms with E-state index in [-0.39, 0.29) is 11.2 Å². The molecule has 0 bridgehead atoms. The average molecular weight is 267 g/mol. The molecule has 1 aromatic rings. The summed E-state index contributed by atoms with van der Waals surface area (Å²) in [6.07, 6.45) is 1.65. The predicted molar refractivity (Wildman–Crippen MR) is 78.4 cm³/mol. The molecule has 100 valence electrons. The van der Waals surface area contributed by atoms with Gasteiger partial charge < -0.3 is 0 Å². The molecular formula is C16H23ClO. The minimum Gasteiger partial charge on any atom is -0.294 e. The van der Waals surface area contributed by atoms with Crippen molar-refractivity contribution in [2.45, 2.75) is 47.5 Å². The molecule has 0 fully saturated rings. The number of Topliss-reactive ketones (excluding diaryl/α,β-unsaturated/α-hetero) is 1. The molecule has 0 aromatic heterocycles. The lowest BCUT2D eigenvalue weighted by molar-refractivity contribution is 0.0953. The molecule has 0 aliphatic heterocycles. The molecule has 0 N–H and O–H groups in total. The fourth-order valence-electron chi connectivity index (χ4n) is 2.45. The Hall–Kier alpha value is -0.820. The summed E-state index contributed by atoms with van der Waals surface area (Å²) in [7, 11) is 0. The number of halogens is 1. The molecule has 0 heterocycles. The summed E-state index contributed by atoms with van der Waals surface area (Å²) in [5.74, 6) is 0.600. The fourth-order valence-corrected chi connectivity index (χ4v) is 2.63. The highest BCUT2D eigenvalue weighted by Crippen LogP contribution is 2.28. The van der Waals surface area contributed by atoms with Gasteiger partial charge in [0.15, 0.2) is 5.78 Å². The Kier molecular flexibility index (Phi) is 4.98. The highest BCUT2D eigenvalue weighted by molar-refractivity contribution is 6.31. The van der Waals surface area contributed by atoms with Crippen molar-refractivity contribution in [2.75, 3.05) is 0 Å². The Morgan fingerprint density at radius 1 is 1.33 bits per heavy atom. The first-order valence-electron chi connectivity index (χ1n) is 6.49. The van der Waals surface area contributed by atoms with Gasteiger partial charge in [0.2, 0.25) is 0 Å². The van der Waals surface area contributed by atoms with Crippen LogP contribution in [0.2, 0.25) is 5.02 Å². The van der Waals surface area contributed by atoms with E-state index in [4.69, 9.17) is 11.6 Å². The summed E-state index contributed by atoms with van der Waals surface area (Å²) in [6, 6.07) is 5.54. The van der Waals surface area contributed by atoms with Crippen LogP contribution in [0.15, 0.2) is 18.2 Å². The molecule has 1 unspecified atom stereocenters. The van der Waals surface area contributed by atoms with E-state index >= 15 is 0 Å². The first kappa shape index (κ1) is 15.2. The van der Waals surface area contributed by atoms with Crippen molar-refractivity contribution in [2.24, 2.45) is 11.3 Å². The lowest BCUT2D eigenvalue weighted by atomic mass is 9.82. The summed E-state index contributed by atoms with van der Waals surface area (Å²) in [6.45, 7) is 10.7. The Balaban J connectivity index is 2.74. The summed E-state index contributed by atoms with van der Waals surface area (Å²) in [5.41, 5.74) is 1.93. The number of hydrogen-bond donors (Lipinski definition) is 0. The SMILES string of the molecule is Cc1c(Cl)cccc1C(=O)CC(C)CC(C)(C)C. The lowest BCUT2D eigenvalue weighted by Gasteiger charge is -2.23. The van der Waals surface area contributed by atoms with Crippen molar-refractivity contribution in [3.8, 4) is 0 Å². The zero-order valence-corrected chi connectivity index (χ0v) is 12.8. The Morgan fingerprint density at radius 2 is 1.94 bits per heavy atom. The van der Waals surface area contributed by atoms with E-state index in [9.17, 15) is 4.79 Å². The van der Waals surface area contributed by atoms with Crippen molar-refractivity contribution in [1.29, 1.82) is 0 Å². The van der Waals surface area contributed by atoms with E-state index in [1.165, 1.54) is 0 Å². The molecule has 1 atom stereocenters. The van der Waals surface area contributed by atoms with Gasteiger partial charge >= 0.3 is 0 Å². The van der Waals surface area contributed by atoms with Crippen molar-refractivity contribution in [3.63, 3.8) is 0 Å². The number of carbonyl (C=O) groups excluding carboxylic acids is 1. The Morgan fingerprint density at radius 3 is 2.50 bits per heavy atom. The van der Waals surface area contributed by atoms with Gasteiger partial charge in [0.1, 0.15) is 0 Å². The van der Waals surface area contributed by atoms with E-state index < -0.39 is 0 Å². The molecule has 1 rings (SSSR count). The number of carbonyl (C=O) groups is 1. The molecule has 0 spiro atoms. The summed E-state index contributed by atoms with van der Waals surface area (Å²) < 4.78 is 0. The van der Waals surface area contributed by atoms with Crippen LogP contribution < -0.4 is 0 Å². The maximum Gasteiger partial charge on any atom is 0.163 e. The van der Waals surface area contributed by atoms with Gasteiger partial charge in [-0.15, -0.1) is 0 Å². The van der Waals surface area contributed by atoms with E-state index in [0.717, 1.165) is 17.5 Å². The van der Waals surface area contributed by atoms with Gasteiger partial charge in [0.25, 0.3) is 0 Å². The van der Waals surface area contributed by atoms with Crippen LogP contribution >= 0.6 is 11.6 Å². The molecule has 0 saturated carbocycles. The van der Waals surface area contributed by atoms with Gasteiger partial charge in [0, 0.05) is 17.0 Å². The molecule has 18 heavy (non-hydrogen) atoms. The molecule has 1 nitrogen and oxygen atoms in total. The summed E-state index contributed by atoms with van der Waals surface area (Å²) in [5, 5.41) is 0.671. The third kappa shape index (κ3) is 4.45. The molecular weight excluding hydrogens is 244 g/mol. The van der Waals surface area contributed by atoms with Gasteiger partial charge in [-0.2, -0.15) is 0 Å². The van der Waals surface area contributed by atoms with Gasteiger partial charge in [-0.25, -0.2) is 0 Å². The third-order valence-electron chi connectivity index (χ3n) is 3.06. The molecule has 0 saturated heterocycles. The lowest BCUT2D eigenvalue weighted by Crippen LogP contribution is -2.15. The number of rotatable bonds is 4. The van der Waals surface area contributed by atoms with Crippen LogP contribution in [0, 0.1) is 18.3 Å². The van der Waals surface area contributed by atoms with E-state index in [2.05, 4.69) is 27.7 Å². The van der Waals surface area contributed by atoms with E-state index in [0.29, 0.717) is 17.4 Å². The average Bonchev–Trinajstić information content (AvgIpc) is 2.18. The van der Waals surface area contributed by atoms with Crippen molar-refractivity contribution in [3.05, 3.63) is 34.3 Å². The van der Waals surface area contributed by atoms with Gasteiger partial charge in [-0.3, -0.25) is 4.79 Å². The summed E-state index contributed by atoms with van der Waals surface area (Å²) >= 11 is 6.05. The van der Waals surface area contributed by atoms with E-state index in [1.54, 1.807) is 0 Å². The fraction of sp³-hybridized carbons (Fsp3) is 0.562. The molecule has 0 aliphatic rings. The van der Waals surface area contributed by atoms with Crippen LogP contribution in [0.1, 0.15) is 56.5 Å². The first-order valence-corrected chi connectivity index (χ1v) is 6.87. The van der Waals surface area contributed by atoms with E-state index in [1.807, 2.05) is 25.1 Å². The van der Waals surface area contributed by atoms with Crippen LogP contribution in [-0.4, -0.2) is 5.78 Å². The Labute approximate surface area is 116 Å². The van der Waals surface area contributed by atoms with Crippen LogP contribution in [0.4, 0.5) is 0 Å². The standard InChI is InChI=1S/C16H23ClO/c1-11(10-16(3,4)5)9-15(18)13-7-6-8-14(17)12(13)2/h6-8,11H,9-10H2,1-5H3. The van der Waals surface area contributed by atoms with Crippen LogP contribution in [0.25, 0.3) is 0 Å². The molecule has 0 amide bonds. The van der Waals surface area contributed by atoms with Crippen molar-refractivity contribution in [1.82, 2.24) is 0 Å². The highest BCUT2D eigenvalue weighted by atomic mass is 35.5. The third-order valence-corrected chi connectivity index (χ3v) is 3.47. The second kappa shape index (κ2) is 5.88. The summed E-state index contributed by atoms with van der Waals surface area (Å²) in [4.78, 5) is 12.3. The predicted octanol–water partition coefficient (Wildman–Crippen LogP) is 5.29. The number of ketones is 1. The monoisotopic (exact) mass is 266 g/mol. The molecule has 2 heteroatoms. The van der Waals surface area contributed by atoms with Crippen molar-refractivity contribution < 1.29 is 4.79 Å². The quantitative estimate of drug-likeness (QED) is 0.677. The molecule has 0 aliphatic carbocycles. The van der Waals surface area contributed by atoms with Gasteiger partial charge in [-0.05, 0) is 36.3 Å². The second-order valence-corrected chi connectivity index (χ2v) is 6.82.